The van der Waals surface area contributed by atoms with Gasteiger partial charge < -0.3 is 5.32 Å². The predicted molar refractivity (Wildman–Crippen MR) is 58.8 cm³/mol. The van der Waals surface area contributed by atoms with Gasteiger partial charge in [-0.2, -0.15) is 0 Å². The third-order valence-corrected chi connectivity index (χ3v) is 4.44. The molecule has 1 unspecified atom stereocenters. The van der Waals surface area contributed by atoms with E-state index in [9.17, 15) is 0 Å². The van der Waals surface area contributed by atoms with Gasteiger partial charge in [0.15, 0.2) is 0 Å². The summed E-state index contributed by atoms with van der Waals surface area (Å²) < 4.78 is 3.04. The van der Waals surface area contributed by atoms with Crippen LogP contribution in [0.3, 0.4) is 0 Å². The SMILES string of the molecule is C[C@@H]1CCN(SC2(C)CCNC2)C1. The lowest BCUT2D eigenvalue weighted by molar-refractivity contribution is 0.532. The van der Waals surface area contributed by atoms with Crippen LogP contribution >= 0.6 is 11.9 Å². The second-order valence-electron chi connectivity index (χ2n) is 4.75. The van der Waals surface area contributed by atoms with Crippen LogP contribution in [0.15, 0.2) is 0 Å². The maximum atomic E-state index is 3.45. The van der Waals surface area contributed by atoms with Crippen molar-refractivity contribution >= 4 is 11.9 Å². The number of rotatable bonds is 2. The summed E-state index contributed by atoms with van der Waals surface area (Å²) >= 11 is 2.09. The van der Waals surface area contributed by atoms with Crippen molar-refractivity contribution in [2.45, 2.75) is 31.4 Å². The van der Waals surface area contributed by atoms with Crippen LogP contribution in [-0.2, 0) is 0 Å². The summed E-state index contributed by atoms with van der Waals surface area (Å²) in [6.07, 6.45) is 2.71. The van der Waals surface area contributed by atoms with Crippen molar-refractivity contribution in [3.05, 3.63) is 0 Å². The molecule has 2 nitrogen and oxygen atoms in total. The van der Waals surface area contributed by atoms with Crippen molar-refractivity contribution in [1.82, 2.24) is 9.62 Å². The van der Waals surface area contributed by atoms with Gasteiger partial charge >= 0.3 is 0 Å². The molecule has 2 heterocycles. The highest BCUT2D eigenvalue weighted by Gasteiger charge is 2.33. The largest absolute Gasteiger partial charge is 0.315 e. The molecule has 76 valence electrons. The second-order valence-corrected chi connectivity index (χ2v) is 6.43. The van der Waals surface area contributed by atoms with Crippen LogP contribution in [0.25, 0.3) is 0 Å². The van der Waals surface area contributed by atoms with Gasteiger partial charge in [0.1, 0.15) is 0 Å². The third kappa shape index (κ3) is 2.39. The van der Waals surface area contributed by atoms with Crippen LogP contribution in [0.2, 0.25) is 0 Å². The van der Waals surface area contributed by atoms with E-state index in [2.05, 4.69) is 35.4 Å². The Bertz CT molecular complexity index is 178. The summed E-state index contributed by atoms with van der Waals surface area (Å²) in [7, 11) is 0. The fraction of sp³-hybridized carbons (Fsp3) is 1.00. The highest BCUT2D eigenvalue weighted by molar-refractivity contribution is 7.98. The second kappa shape index (κ2) is 3.79. The fourth-order valence-corrected chi connectivity index (χ4v) is 3.67. The van der Waals surface area contributed by atoms with E-state index in [1.807, 2.05) is 0 Å². The van der Waals surface area contributed by atoms with Crippen LogP contribution in [0.1, 0.15) is 26.7 Å². The number of hydrogen-bond donors (Lipinski definition) is 1. The topological polar surface area (TPSA) is 15.3 Å². The standard InChI is InChI=1S/C10H20N2S/c1-9-3-6-12(7-9)13-10(2)4-5-11-8-10/h9,11H,3-8H2,1-2H3/t9-,10?/m1/s1. The quantitative estimate of drug-likeness (QED) is 0.683. The molecular weight excluding hydrogens is 180 g/mol. The van der Waals surface area contributed by atoms with E-state index < -0.39 is 0 Å². The Kier molecular flexibility index (Phi) is 2.86. The average molecular weight is 200 g/mol. The van der Waals surface area contributed by atoms with Gasteiger partial charge in [0, 0.05) is 24.4 Å². The minimum atomic E-state index is 0.476. The summed E-state index contributed by atoms with van der Waals surface area (Å²) in [5, 5.41) is 3.45. The molecule has 2 aliphatic heterocycles. The summed E-state index contributed by atoms with van der Waals surface area (Å²) in [4.78, 5) is 0. The molecule has 3 heteroatoms. The van der Waals surface area contributed by atoms with Crippen molar-refractivity contribution < 1.29 is 0 Å². The first-order chi connectivity index (χ1) is 6.18. The normalized spacial score (nSPS) is 41.5. The van der Waals surface area contributed by atoms with Gasteiger partial charge in [0.05, 0.1) is 0 Å². The number of hydrogen-bond acceptors (Lipinski definition) is 3. The predicted octanol–water partition coefficient (Wildman–Crippen LogP) is 1.73. The fourth-order valence-electron chi connectivity index (χ4n) is 2.16. The molecule has 2 fully saturated rings. The van der Waals surface area contributed by atoms with Crippen molar-refractivity contribution in [2.75, 3.05) is 26.2 Å². The molecular formula is C10H20N2S. The van der Waals surface area contributed by atoms with E-state index in [1.165, 1.54) is 39.0 Å². The van der Waals surface area contributed by atoms with E-state index in [4.69, 9.17) is 0 Å². The molecule has 0 radical (unpaired) electrons. The van der Waals surface area contributed by atoms with Crippen molar-refractivity contribution in [3.63, 3.8) is 0 Å². The first kappa shape index (κ1) is 9.81. The maximum absolute atomic E-state index is 3.45. The van der Waals surface area contributed by atoms with Crippen LogP contribution in [0.4, 0.5) is 0 Å². The molecule has 0 bridgehead atoms. The molecule has 0 spiro atoms. The maximum Gasteiger partial charge on any atom is 0.0415 e. The molecule has 0 aliphatic carbocycles. The monoisotopic (exact) mass is 200 g/mol. The number of nitrogens with zero attached hydrogens (tertiary/aromatic N) is 1. The first-order valence-electron chi connectivity index (χ1n) is 5.33. The molecule has 2 atom stereocenters. The Morgan fingerprint density at radius 2 is 2.38 bits per heavy atom. The summed E-state index contributed by atoms with van der Waals surface area (Å²) in [5.41, 5.74) is 0. The molecule has 13 heavy (non-hydrogen) atoms. The lowest BCUT2D eigenvalue weighted by Gasteiger charge is -2.27. The van der Waals surface area contributed by atoms with Crippen LogP contribution in [0.5, 0.6) is 0 Å². The Morgan fingerprint density at radius 3 is 2.92 bits per heavy atom. The molecule has 0 amide bonds. The van der Waals surface area contributed by atoms with E-state index in [0.29, 0.717) is 4.75 Å². The highest BCUT2D eigenvalue weighted by atomic mass is 32.2. The van der Waals surface area contributed by atoms with Gasteiger partial charge in [-0.1, -0.05) is 18.9 Å². The molecule has 0 aromatic rings. The Balaban J connectivity index is 1.83. The van der Waals surface area contributed by atoms with Crippen LogP contribution in [-0.4, -0.2) is 35.2 Å². The molecule has 2 aliphatic rings. The van der Waals surface area contributed by atoms with Gasteiger partial charge in [-0.05, 0) is 32.2 Å². The minimum absolute atomic E-state index is 0.476. The van der Waals surface area contributed by atoms with Crippen molar-refractivity contribution in [1.29, 1.82) is 0 Å². The van der Waals surface area contributed by atoms with Gasteiger partial charge in [-0.3, -0.25) is 0 Å². The molecule has 2 saturated heterocycles. The Hall–Kier alpha value is 0.270. The summed E-state index contributed by atoms with van der Waals surface area (Å²) in [6, 6.07) is 0. The van der Waals surface area contributed by atoms with Gasteiger partial charge in [-0.15, -0.1) is 0 Å². The lowest BCUT2D eigenvalue weighted by Crippen LogP contribution is -2.29. The van der Waals surface area contributed by atoms with Crippen LogP contribution < -0.4 is 5.32 Å². The molecule has 0 saturated carbocycles. The zero-order valence-corrected chi connectivity index (χ0v) is 9.49. The van der Waals surface area contributed by atoms with E-state index in [-0.39, 0.29) is 0 Å². The molecule has 1 N–H and O–H groups in total. The van der Waals surface area contributed by atoms with Crippen LogP contribution in [0, 0.1) is 5.92 Å². The third-order valence-electron chi connectivity index (χ3n) is 3.07. The minimum Gasteiger partial charge on any atom is -0.315 e. The average Bonchev–Trinajstić information content (AvgIpc) is 2.62. The number of nitrogens with one attached hydrogen (secondary N) is 1. The summed E-state index contributed by atoms with van der Waals surface area (Å²) in [5.74, 6) is 0.908. The zero-order chi connectivity index (χ0) is 9.31. The molecule has 0 aromatic heterocycles. The van der Waals surface area contributed by atoms with E-state index in [1.54, 1.807) is 0 Å². The van der Waals surface area contributed by atoms with Crippen molar-refractivity contribution in [2.24, 2.45) is 5.92 Å². The first-order valence-corrected chi connectivity index (χ1v) is 6.10. The summed E-state index contributed by atoms with van der Waals surface area (Å²) in [6.45, 7) is 9.72. The van der Waals surface area contributed by atoms with Gasteiger partial charge in [-0.25, -0.2) is 4.31 Å². The van der Waals surface area contributed by atoms with Gasteiger partial charge in [0.25, 0.3) is 0 Å². The van der Waals surface area contributed by atoms with Crippen molar-refractivity contribution in [3.8, 4) is 0 Å². The van der Waals surface area contributed by atoms with E-state index >= 15 is 0 Å². The Morgan fingerprint density at radius 1 is 1.54 bits per heavy atom. The lowest BCUT2D eigenvalue weighted by atomic mass is 10.1. The Labute approximate surface area is 85.6 Å². The van der Waals surface area contributed by atoms with Gasteiger partial charge in [0.2, 0.25) is 0 Å². The molecule has 2 rings (SSSR count). The smallest absolute Gasteiger partial charge is 0.0415 e. The van der Waals surface area contributed by atoms with E-state index in [0.717, 1.165) is 5.92 Å². The molecule has 0 aromatic carbocycles. The highest BCUT2D eigenvalue weighted by Crippen LogP contribution is 2.36. The zero-order valence-electron chi connectivity index (χ0n) is 8.68.